The lowest BCUT2D eigenvalue weighted by Crippen LogP contribution is -2.12. The number of amides is 1. The number of fused-ring (bicyclic) bond motifs is 1. The summed E-state index contributed by atoms with van der Waals surface area (Å²) in [7, 11) is 0. The van der Waals surface area contributed by atoms with Gasteiger partial charge in [0.25, 0.3) is 0 Å². The molecule has 0 radical (unpaired) electrons. The quantitative estimate of drug-likeness (QED) is 0.351. The molecule has 4 aromatic rings. The van der Waals surface area contributed by atoms with E-state index in [0.717, 1.165) is 34.1 Å². The minimum Gasteiger partial charge on any atom is -0.382 e. The molecule has 152 valence electrons. The third-order valence-corrected chi connectivity index (χ3v) is 5.61. The first-order chi connectivity index (χ1) is 14.5. The van der Waals surface area contributed by atoms with Gasteiger partial charge in [0.05, 0.1) is 6.20 Å². The van der Waals surface area contributed by atoms with Crippen molar-refractivity contribution in [2.45, 2.75) is 29.7 Å². The van der Waals surface area contributed by atoms with Gasteiger partial charge < -0.3 is 16.4 Å². The van der Waals surface area contributed by atoms with E-state index in [2.05, 4.69) is 25.8 Å². The molecular formula is C20H20N8OS. The molecule has 5 N–H and O–H groups in total. The van der Waals surface area contributed by atoms with Gasteiger partial charge in [0.1, 0.15) is 16.5 Å². The maximum atomic E-state index is 11.9. The monoisotopic (exact) mass is 420 g/mol. The Morgan fingerprint density at radius 3 is 2.73 bits per heavy atom. The standard InChI is InChI=1S/C20H20N8OS/c1-11-8-16(27-26-11)24-20-25-18(9-17-23-15(21)10-28(17)20)30-14-6-4-13(5-7-14)22-19(29)12-2-3-12/h4-10,12H,2-3,21H2,1H3,(H,22,29)(H2,24,25,26,27). The van der Waals surface area contributed by atoms with Gasteiger partial charge >= 0.3 is 0 Å². The lowest BCUT2D eigenvalue weighted by Gasteiger charge is -2.09. The largest absolute Gasteiger partial charge is 0.382 e. The molecule has 5 rings (SSSR count). The van der Waals surface area contributed by atoms with Crippen molar-refractivity contribution >= 4 is 46.6 Å². The van der Waals surface area contributed by atoms with Crippen molar-refractivity contribution in [2.75, 3.05) is 16.4 Å². The van der Waals surface area contributed by atoms with E-state index in [1.165, 1.54) is 11.8 Å². The Labute approximate surface area is 176 Å². The third kappa shape index (κ3) is 3.94. The number of nitrogens with zero attached hydrogens (tertiary/aromatic N) is 4. The molecule has 1 saturated carbocycles. The van der Waals surface area contributed by atoms with Crippen LogP contribution < -0.4 is 16.4 Å². The summed E-state index contributed by atoms with van der Waals surface area (Å²) in [6, 6.07) is 11.5. The molecule has 0 unspecified atom stereocenters. The number of hydrogen-bond donors (Lipinski definition) is 4. The molecule has 0 spiro atoms. The number of carbonyl (C=O) groups excluding carboxylic acids is 1. The van der Waals surface area contributed by atoms with Crippen LogP contribution in [0.25, 0.3) is 5.65 Å². The van der Waals surface area contributed by atoms with E-state index in [4.69, 9.17) is 10.7 Å². The summed E-state index contributed by atoms with van der Waals surface area (Å²) in [6.07, 6.45) is 3.69. The maximum absolute atomic E-state index is 11.9. The smallest absolute Gasteiger partial charge is 0.227 e. The minimum absolute atomic E-state index is 0.101. The maximum Gasteiger partial charge on any atom is 0.227 e. The number of benzene rings is 1. The number of aryl methyl sites for hydroxylation is 1. The molecule has 10 heteroatoms. The predicted octanol–water partition coefficient (Wildman–Crippen LogP) is 3.59. The zero-order chi connectivity index (χ0) is 20.7. The van der Waals surface area contributed by atoms with Gasteiger partial charge in [0.2, 0.25) is 11.9 Å². The summed E-state index contributed by atoms with van der Waals surface area (Å²) < 4.78 is 1.79. The first kappa shape index (κ1) is 18.5. The first-order valence-corrected chi connectivity index (χ1v) is 10.4. The van der Waals surface area contributed by atoms with E-state index in [0.29, 0.717) is 23.2 Å². The number of hydrogen-bond acceptors (Lipinski definition) is 7. The Morgan fingerprint density at radius 2 is 2.03 bits per heavy atom. The summed E-state index contributed by atoms with van der Waals surface area (Å²) >= 11 is 1.50. The zero-order valence-corrected chi connectivity index (χ0v) is 17.0. The van der Waals surface area contributed by atoms with Crippen molar-refractivity contribution in [1.29, 1.82) is 0 Å². The summed E-state index contributed by atoms with van der Waals surface area (Å²) in [4.78, 5) is 22.0. The fourth-order valence-electron chi connectivity index (χ4n) is 3.04. The Hall–Kier alpha value is -3.53. The van der Waals surface area contributed by atoms with Gasteiger partial charge in [0.15, 0.2) is 5.82 Å². The zero-order valence-electron chi connectivity index (χ0n) is 16.2. The predicted molar refractivity (Wildman–Crippen MR) is 116 cm³/mol. The number of nitrogens with two attached hydrogens (primary N) is 1. The summed E-state index contributed by atoms with van der Waals surface area (Å²) in [6.45, 7) is 1.93. The van der Waals surface area contributed by atoms with Crippen molar-refractivity contribution < 1.29 is 4.79 Å². The van der Waals surface area contributed by atoms with Crippen LogP contribution in [0.4, 0.5) is 23.3 Å². The number of nitrogen functional groups attached to an aromatic ring is 1. The van der Waals surface area contributed by atoms with Gasteiger partial charge in [-0.3, -0.25) is 14.3 Å². The van der Waals surface area contributed by atoms with Crippen LogP contribution in [0.15, 0.2) is 52.5 Å². The van der Waals surface area contributed by atoms with E-state index in [1.807, 2.05) is 43.3 Å². The highest BCUT2D eigenvalue weighted by atomic mass is 32.2. The minimum atomic E-state index is 0.101. The van der Waals surface area contributed by atoms with E-state index < -0.39 is 0 Å². The van der Waals surface area contributed by atoms with Crippen LogP contribution in [0.5, 0.6) is 0 Å². The molecule has 1 fully saturated rings. The van der Waals surface area contributed by atoms with Crippen LogP contribution in [0.3, 0.4) is 0 Å². The Balaban J connectivity index is 1.39. The highest BCUT2D eigenvalue weighted by Gasteiger charge is 2.29. The van der Waals surface area contributed by atoms with E-state index in [9.17, 15) is 4.79 Å². The molecule has 1 aliphatic carbocycles. The molecule has 0 saturated heterocycles. The van der Waals surface area contributed by atoms with Crippen molar-refractivity contribution in [3.05, 3.63) is 48.3 Å². The van der Waals surface area contributed by atoms with Crippen LogP contribution in [-0.2, 0) is 4.79 Å². The molecule has 0 aliphatic heterocycles. The topological polar surface area (TPSA) is 126 Å². The fourth-order valence-corrected chi connectivity index (χ4v) is 3.85. The van der Waals surface area contributed by atoms with Crippen molar-refractivity contribution in [3.8, 4) is 0 Å². The number of aromatic nitrogens is 5. The van der Waals surface area contributed by atoms with Crippen LogP contribution >= 0.6 is 11.8 Å². The number of aromatic amines is 1. The molecule has 1 amide bonds. The van der Waals surface area contributed by atoms with E-state index in [-0.39, 0.29) is 11.8 Å². The summed E-state index contributed by atoms with van der Waals surface area (Å²) in [5, 5.41) is 14.0. The van der Waals surface area contributed by atoms with Crippen molar-refractivity contribution in [2.24, 2.45) is 5.92 Å². The highest BCUT2D eigenvalue weighted by molar-refractivity contribution is 7.99. The normalized spacial score (nSPS) is 13.5. The number of nitrogens with one attached hydrogen (secondary N) is 3. The van der Waals surface area contributed by atoms with Gasteiger partial charge in [-0.05, 0) is 44.0 Å². The van der Waals surface area contributed by atoms with Gasteiger partial charge in [-0.2, -0.15) is 5.10 Å². The lowest BCUT2D eigenvalue weighted by molar-refractivity contribution is -0.117. The van der Waals surface area contributed by atoms with Gasteiger partial charge in [-0.15, -0.1) is 0 Å². The van der Waals surface area contributed by atoms with Crippen LogP contribution in [0, 0.1) is 12.8 Å². The second-order valence-electron chi connectivity index (χ2n) is 7.26. The van der Waals surface area contributed by atoms with E-state index >= 15 is 0 Å². The SMILES string of the molecule is Cc1cc(Nc2nc(Sc3ccc(NC(=O)C4CC4)cc3)cc3nc(N)cn23)n[nH]1. The molecular weight excluding hydrogens is 400 g/mol. The number of imidazole rings is 1. The number of carbonyl (C=O) groups is 1. The Kier molecular flexibility index (Phi) is 4.55. The fraction of sp³-hybridized carbons (Fsp3) is 0.200. The van der Waals surface area contributed by atoms with Gasteiger partial charge in [-0.25, -0.2) is 9.97 Å². The molecule has 3 heterocycles. The van der Waals surface area contributed by atoms with Gasteiger partial charge in [-0.1, -0.05) is 11.8 Å². The van der Waals surface area contributed by atoms with Gasteiger partial charge in [0, 0.05) is 34.3 Å². The van der Waals surface area contributed by atoms with Crippen molar-refractivity contribution in [1.82, 2.24) is 24.6 Å². The molecule has 1 aliphatic rings. The Morgan fingerprint density at radius 1 is 1.23 bits per heavy atom. The second-order valence-corrected chi connectivity index (χ2v) is 8.36. The van der Waals surface area contributed by atoms with Crippen LogP contribution in [0.2, 0.25) is 0 Å². The number of H-pyrrole nitrogens is 1. The number of anilines is 4. The molecule has 30 heavy (non-hydrogen) atoms. The molecule has 9 nitrogen and oxygen atoms in total. The molecule has 0 atom stereocenters. The third-order valence-electron chi connectivity index (χ3n) is 4.69. The Bertz CT molecular complexity index is 1230. The summed E-state index contributed by atoms with van der Waals surface area (Å²) in [5.74, 6) is 1.92. The first-order valence-electron chi connectivity index (χ1n) is 9.57. The molecule has 3 aromatic heterocycles. The highest BCUT2D eigenvalue weighted by Crippen LogP contribution is 2.32. The lowest BCUT2D eigenvalue weighted by atomic mass is 10.3. The van der Waals surface area contributed by atoms with Crippen LogP contribution in [0.1, 0.15) is 18.5 Å². The average Bonchev–Trinajstić information content (AvgIpc) is 3.39. The average molecular weight is 421 g/mol. The van der Waals surface area contributed by atoms with Crippen molar-refractivity contribution in [3.63, 3.8) is 0 Å². The molecule has 0 bridgehead atoms. The molecule has 1 aromatic carbocycles. The second kappa shape index (κ2) is 7.38. The van der Waals surface area contributed by atoms with E-state index in [1.54, 1.807) is 10.6 Å². The summed E-state index contributed by atoms with van der Waals surface area (Å²) in [5.41, 5.74) is 8.32. The van der Waals surface area contributed by atoms with Crippen LogP contribution in [-0.4, -0.2) is 30.5 Å². The number of rotatable bonds is 6.